The van der Waals surface area contributed by atoms with Crippen LogP contribution in [0.3, 0.4) is 0 Å². The molecule has 2 aromatic carbocycles. The molecule has 1 N–H and O–H groups in total. The van der Waals surface area contributed by atoms with Crippen molar-refractivity contribution in [2.45, 2.75) is 31.3 Å². The number of amides is 1. The predicted octanol–water partition coefficient (Wildman–Crippen LogP) is 3.50. The van der Waals surface area contributed by atoms with Crippen LogP contribution in [0, 0.1) is 0 Å². The number of anilines is 1. The maximum atomic E-state index is 12.4. The van der Waals surface area contributed by atoms with Gasteiger partial charge in [0, 0.05) is 24.1 Å². The van der Waals surface area contributed by atoms with Crippen LogP contribution in [0.15, 0.2) is 54.6 Å². The molecule has 5 nitrogen and oxygen atoms in total. The minimum atomic E-state index is -0.632. The highest BCUT2D eigenvalue weighted by atomic mass is 16.5. The molecule has 0 saturated carbocycles. The number of fused-ring (bicyclic) bond motifs is 3. The summed E-state index contributed by atoms with van der Waals surface area (Å²) in [6.07, 6.45) is 4.57. The Bertz CT molecular complexity index is 962. The lowest BCUT2D eigenvalue weighted by Gasteiger charge is -2.49. The van der Waals surface area contributed by atoms with Crippen LogP contribution in [0.25, 0.3) is 6.08 Å². The molecule has 2 heterocycles. The van der Waals surface area contributed by atoms with Crippen LogP contribution >= 0.6 is 0 Å². The standard InChI is InChI=1S/C23H24N2O3/c1-22(2)18-6-4-5-7-19(18)25-15-13-20(26)24-23(22,25)14-12-16-8-10-17(11-9-16)21(27)28-3/h4-12,14H,13,15H2,1-3H3,(H,24,26)/b14-12+/t23-/m0/s1. The Kier molecular flexibility index (Phi) is 4.26. The van der Waals surface area contributed by atoms with E-state index >= 15 is 0 Å². The monoisotopic (exact) mass is 376 g/mol. The first-order valence-corrected chi connectivity index (χ1v) is 9.45. The number of esters is 1. The largest absolute Gasteiger partial charge is 0.465 e. The molecule has 2 aliphatic rings. The molecular formula is C23H24N2O3. The third-order valence-corrected chi connectivity index (χ3v) is 5.99. The number of methoxy groups -OCH3 is 1. The quantitative estimate of drug-likeness (QED) is 0.833. The van der Waals surface area contributed by atoms with Gasteiger partial charge in [0.2, 0.25) is 5.91 Å². The fraction of sp³-hybridized carbons (Fsp3) is 0.304. The fourth-order valence-electron chi connectivity index (χ4n) is 4.38. The van der Waals surface area contributed by atoms with Gasteiger partial charge < -0.3 is 15.0 Å². The van der Waals surface area contributed by atoms with Crippen LogP contribution in [-0.2, 0) is 14.9 Å². The molecule has 0 unspecified atom stereocenters. The summed E-state index contributed by atoms with van der Waals surface area (Å²) in [4.78, 5) is 26.3. The SMILES string of the molecule is COC(=O)c1ccc(/C=C/[C@]23NC(=O)CCN2c2ccccc2C3(C)C)cc1. The van der Waals surface area contributed by atoms with Crippen LogP contribution in [0.1, 0.15) is 41.8 Å². The molecule has 0 radical (unpaired) electrons. The molecule has 28 heavy (non-hydrogen) atoms. The van der Waals surface area contributed by atoms with Gasteiger partial charge in [0.15, 0.2) is 0 Å². The molecule has 1 amide bonds. The first kappa shape index (κ1) is 18.3. The lowest BCUT2D eigenvalue weighted by atomic mass is 9.74. The zero-order valence-electron chi connectivity index (χ0n) is 16.4. The van der Waals surface area contributed by atoms with Gasteiger partial charge in [0.25, 0.3) is 0 Å². The lowest BCUT2D eigenvalue weighted by Crippen LogP contribution is -2.68. The maximum Gasteiger partial charge on any atom is 0.337 e. The van der Waals surface area contributed by atoms with Crippen molar-refractivity contribution in [3.05, 3.63) is 71.3 Å². The van der Waals surface area contributed by atoms with Crippen molar-refractivity contribution in [3.63, 3.8) is 0 Å². The summed E-state index contributed by atoms with van der Waals surface area (Å²) < 4.78 is 4.75. The van der Waals surface area contributed by atoms with Gasteiger partial charge in [0.1, 0.15) is 5.66 Å². The summed E-state index contributed by atoms with van der Waals surface area (Å²) in [6.45, 7) is 5.02. The maximum absolute atomic E-state index is 12.4. The van der Waals surface area contributed by atoms with Gasteiger partial charge >= 0.3 is 5.97 Å². The lowest BCUT2D eigenvalue weighted by molar-refractivity contribution is -0.124. The highest BCUT2D eigenvalue weighted by Crippen LogP contribution is 2.52. The first-order valence-electron chi connectivity index (χ1n) is 9.45. The second-order valence-corrected chi connectivity index (χ2v) is 7.81. The minimum Gasteiger partial charge on any atom is -0.465 e. The average molecular weight is 376 g/mol. The van der Waals surface area contributed by atoms with Crippen molar-refractivity contribution in [1.82, 2.24) is 5.32 Å². The first-order chi connectivity index (χ1) is 13.4. The van der Waals surface area contributed by atoms with Gasteiger partial charge in [0.05, 0.1) is 12.7 Å². The smallest absolute Gasteiger partial charge is 0.337 e. The number of hydrogen-bond donors (Lipinski definition) is 1. The summed E-state index contributed by atoms with van der Waals surface area (Å²) in [6, 6.07) is 15.6. The molecule has 0 bridgehead atoms. The summed E-state index contributed by atoms with van der Waals surface area (Å²) in [7, 11) is 1.37. The minimum absolute atomic E-state index is 0.0582. The number of ether oxygens (including phenoxy) is 1. The number of carbonyl (C=O) groups is 2. The number of hydrogen-bond acceptors (Lipinski definition) is 4. The number of carbonyl (C=O) groups excluding carboxylic acids is 2. The van der Waals surface area contributed by atoms with E-state index in [0.717, 1.165) is 11.3 Å². The molecule has 0 spiro atoms. The zero-order chi connectivity index (χ0) is 19.9. The normalized spacial score (nSPS) is 22.5. The van der Waals surface area contributed by atoms with Gasteiger partial charge in [-0.15, -0.1) is 0 Å². The summed E-state index contributed by atoms with van der Waals surface area (Å²) >= 11 is 0. The van der Waals surface area contributed by atoms with E-state index in [1.165, 1.54) is 12.7 Å². The van der Waals surface area contributed by atoms with E-state index in [1.807, 2.05) is 30.3 Å². The molecule has 2 aromatic rings. The van der Waals surface area contributed by atoms with Crippen molar-refractivity contribution in [2.75, 3.05) is 18.6 Å². The second kappa shape index (κ2) is 6.51. The summed E-state index contributed by atoms with van der Waals surface area (Å²) in [5.41, 5.74) is 2.92. The zero-order valence-corrected chi connectivity index (χ0v) is 16.4. The average Bonchev–Trinajstić information content (AvgIpc) is 2.90. The number of para-hydroxylation sites is 1. The molecule has 2 aliphatic heterocycles. The molecular weight excluding hydrogens is 352 g/mol. The van der Waals surface area contributed by atoms with Crippen LogP contribution in [0.4, 0.5) is 5.69 Å². The highest BCUT2D eigenvalue weighted by molar-refractivity contribution is 5.89. The van der Waals surface area contributed by atoms with Crippen molar-refractivity contribution in [1.29, 1.82) is 0 Å². The van der Waals surface area contributed by atoms with Gasteiger partial charge in [-0.25, -0.2) is 4.79 Å². The van der Waals surface area contributed by atoms with E-state index in [-0.39, 0.29) is 17.3 Å². The van der Waals surface area contributed by atoms with Crippen molar-refractivity contribution >= 4 is 23.6 Å². The van der Waals surface area contributed by atoms with E-state index in [2.05, 4.69) is 42.3 Å². The van der Waals surface area contributed by atoms with Crippen LogP contribution < -0.4 is 10.2 Å². The van der Waals surface area contributed by atoms with E-state index < -0.39 is 5.66 Å². The Labute approximate surface area is 165 Å². The Hall–Kier alpha value is -3.08. The fourth-order valence-corrected chi connectivity index (χ4v) is 4.38. The van der Waals surface area contributed by atoms with E-state index in [9.17, 15) is 9.59 Å². The molecule has 5 heteroatoms. The molecule has 0 aromatic heterocycles. The molecule has 1 fully saturated rings. The van der Waals surface area contributed by atoms with Gasteiger partial charge in [-0.05, 0) is 35.4 Å². The molecule has 4 rings (SSSR count). The predicted molar refractivity (Wildman–Crippen MR) is 109 cm³/mol. The Morgan fingerprint density at radius 3 is 2.57 bits per heavy atom. The van der Waals surface area contributed by atoms with Gasteiger partial charge in [-0.1, -0.05) is 50.3 Å². The van der Waals surface area contributed by atoms with Crippen molar-refractivity contribution in [2.24, 2.45) is 0 Å². The second-order valence-electron chi connectivity index (χ2n) is 7.81. The Balaban J connectivity index is 1.74. The van der Waals surface area contributed by atoms with Crippen molar-refractivity contribution < 1.29 is 14.3 Å². The number of nitrogens with one attached hydrogen (secondary N) is 1. The third-order valence-electron chi connectivity index (χ3n) is 5.99. The molecule has 1 saturated heterocycles. The van der Waals surface area contributed by atoms with Crippen molar-refractivity contribution in [3.8, 4) is 0 Å². The van der Waals surface area contributed by atoms with Crippen LogP contribution in [-0.4, -0.2) is 31.2 Å². The summed E-state index contributed by atoms with van der Waals surface area (Å²) in [5.74, 6) is -0.296. The number of nitrogens with zero attached hydrogens (tertiary/aromatic N) is 1. The molecule has 1 atom stereocenters. The third kappa shape index (κ3) is 2.61. The molecule has 0 aliphatic carbocycles. The highest BCUT2D eigenvalue weighted by Gasteiger charge is 2.57. The Morgan fingerprint density at radius 2 is 1.86 bits per heavy atom. The van der Waals surface area contributed by atoms with Crippen LogP contribution in [0.2, 0.25) is 0 Å². The van der Waals surface area contributed by atoms with Gasteiger partial charge in [-0.2, -0.15) is 0 Å². The summed E-state index contributed by atoms with van der Waals surface area (Å²) in [5, 5.41) is 3.26. The topological polar surface area (TPSA) is 58.6 Å². The number of benzene rings is 2. The Morgan fingerprint density at radius 1 is 1.14 bits per heavy atom. The number of rotatable bonds is 3. The van der Waals surface area contributed by atoms with E-state index in [0.29, 0.717) is 18.5 Å². The van der Waals surface area contributed by atoms with Crippen LogP contribution in [0.5, 0.6) is 0 Å². The van der Waals surface area contributed by atoms with E-state index in [4.69, 9.17) is 4.74 Å². The van der Waals surface area contributed by atoms with E-state index in [1.54, 1.807) is 12.1 Å². The van der Waals surface area contributed by atoms with Gasteiger partial charge in [-0.3, -0.25) is 4.79 Å². The molecule has 144 valence electrons.